The van der Waals surface area contributed by atoms with Gasteiger partial charge in [-0.15, -0.1) is 11.3 Å². The van der Waals surface area contributed by atoms with Crippen molar-refractivity contribution in [1.82, 2.24) is 14.9 Å². The Morgan fingerprint density at radius 1 is 1.32 bits per heavy atom. The summed E-state index contributed by atoms with van der Waals surface area (Å²) in [4.78, 5) is 16.8. The Balaban J connectivity index is 1.56. The van der Waals surface area contributed by atoms with Gasteiger partial charge in [-0.2, -0.15) is 0 Å². The molecule has 1 aliphatic rings. The minimum Gasteiger partial charge on any atom is -0.347 e. The van der Waals surface area contributed by atoms with Gasteiger partial charge in [-0.25, -0.2) is 4.98 Å². The molecule has 0 radical (unpaired) electrons. The van der Waals surface area contributed by atoms with Gasteiger partial charge in [0.25, 0.3) is 5.91 Å². The van der Waals surface area contributed by atoms with Crippen molar-refractivity contribution in [2.75, 3.05) is 0 Å². The number of thiophene rings is 1. The van der Waals surface area contributed by atoms with Crippen LogP contribution in [0, 0.1) is 0 Å². The maximum absolute atomic E-state index is 12.7. The third kappa shape index (κ3) is 2.31. The molecule has 4 nitrogen and oxygen atoms in total. The van der Waals surface area contributed by atoms with Gasteiger partial charge >= 0.3 is 0 Å². The molecule has 2 atom stereocenters. The normalized spacial score (nSPS) is 21.3. The van der Waals surface area contributed by atoms with Crippen molar-refractivity contribution in [3.05, 3.63) is 53.9 Å². The van der Waals surface area contributed by atoms with Crippen LogP contribution in [0.5, 0.6) is 0 Å². The van der Waals surface area contributed by atoms with Crippen LogP contribution in [0.1, 0.15) is 35.7 Å². The molecule has 1 amide bonds. The highest BCUT2D eigenvalue weighted by Crippen LogP contribution is 2.31. The summed E-state index contributed by atoms with van der Waals surface area (Å²) in [5.41, 5.74) is 0.789. The van der Waals surface area contributed by atoms with E-state index >= 15 is 0 Å². The maximum Gasteiger partial charge on any atom is 0.253 e. The van der Waals surface area contributed by atoms with E-state index in [1.165, 1.54) is 0 Å². The molecule has 22 heavy (non-hydrogen) atoms. The molecule has 1 N–H and O–H groups in total. The lowest BCUT2D eigenvalue weighted by molar-refractivity contribution is 0.0931. The molecule has 0 spiro atoms. The number of fused-ring (bicyclic) bond motifs is 1. The molecule has 3 aromatic rings. The quantitative estimate of drug-likeness (QED) is 0.803. The van der Waals surface area contributed by atoms with Gasteiger partial charge in [-0.1, -0.05) is 18.2 Å². The van der Waals surface area contributed by atoms with Crippen LogP contribution >= 0.6 is 11.3 Å². The van der Waals surface area contributed by atoms with Gasteiger partial charge in [-0.05, 0) is 25.3 Å². The third-order valence-electron chi connectivity index (χ3n) is 4.43. The third-order valence-corrected chi connectivity index (χ3v) is 5.39. The Bertz CT molecular complexity index is 793. The Kier molecular flexibility index (Phi) is 3.42. The zero-order chi connectivity index (χ0) is 14.9. The van der Waals surface area contributed by atoms with Gasteiger partial charge in [-0.3, -0.25) is 4.79 Å². The first kappa shape index (κ1) is 13.5. The maximum atomic E-state index is 12.7. The molecule has 0 unspecified atom stereocenters. The first-order chi connectivity index (χ1) is 10.8. The average molecular weight is 311 g/mol. The van der Waals surface area contributed by atoms with E-state index in [1.807, 2.05) is 36.1 Å². The van der Waals surface area contributed by atoms with Crippen molar-refractivity contribution in [2.24, 2.45) is 0 Å². The predicted octanol–water partition coefficient (Wildman–Crippen LogP) is 3.62. The summed E-state index contributed by atoms with van der Waals surface area (Å²) in [7, 11) is 0. The molecule has 1 saturated carbocycles. The monoisotopic (exact) mass is 311 g/mol. The van der Waals surface area contributed by atoms with Crippen LogP contribution < -0.4 is 5.32 Å². The molecular weight excluding hydrogens is 294 g/mol. The second-order valence-corrected chi connectivity index (χ2v) is 6.64. The Morgan fingerprint density at radius 3 is 3.09 bits per heavy atom. The van der Waals surface area contributed by atoms with Crippen LogP contribution in [0.2, 0.25) is 0 Å². The Labute approximate surface area is 132 Å². The van der Waals surface area contributed by atoms with Crippen molar-refractivity contribution in [1.29, 1.82) is 0 Å². The van der Waals surface area contributed by atoms with Crippen LogP contribution in [0.25, 0.3) is 10.1 Å². The molecule has 5 heteroatoms. The second-order valence-electron chi connectivity index (χ2n) is 5.73. The van der Waals surface area contributed by atoms with Crippen molar-refractivity contribution in [3.63, 3.8) is 0 Å². The van der Waals surface area contributed by atoms with Gasteiger partial charge in [0, 0.05) is 33.9 Å². The number of rotatable bonds is 3. The summed E-state index contributed by atoms with van der Waals surface area (Å²) < 4.78 is 3.27. The number of amides is 1. The summed E-state index contributed by atoms with van der Waals surface area (Å²) in [5.74, 6) is 0.0365. The van der Waals surface area contributed by atoms with Gasteiger partial charge in [0.2, 0.25) is 0 Å². The van der Waals surface area contributed by atoms with E-state index in [9.17, 15) is 4.79 Å². The van der Waals surface area contributed by atoms with Gasteiger partial charge in [0.05, 0.1) is 17.9 Å². The van der Waals surface area contributed by atoms with E-state index in [2.05, 4.69) is 20.9 Å². The van der Waals surface area contributed by atoms with E-state index in [0.717, 1.165) is 34.9 Å². The average Bonchev–Trinajstić information content (AvgIpc) is 3.27. The van der Waals surface area contributed by atoms with Crippen LogP contribution in [-0.4, -0.2) is 21.5 Å². The summed E-state index contributed by atoms with van der Waals surface area (Å²) in [6.07, 6.45) is 8.87. The lowest BCUT2D eigenvalue weighted by atomic mass is 10.1. The number of hydrogen-bond donors (Lipinski definition) is 1. The van der Waals surface area contributed by atoms with Crippen molar-refractivity contribution in [2.45, 2.75) is 31.3 Å². The van der Waals surface area contributed by atoms with Gasteiger partial charge in [0.15, 0.2) is 0 Å². The molecule has 2 aromatic heterocycles. The lowest BCUT2D eigenvalue weighted by Gasteiger charge is -2.22. The Hall–Kier alpha value is -2.14. The zero-order valence-corrected chi connectivity index (χ0v) is 12.9. The SMILES string of the molecule is O=C(N[C@H]1CCC[C@H]1n1ccnc1)c1csc2ccccc12. The van der Waals surface area contributed by atoms with E-state index < -0.39 is 0 Å². The van der Waals surface area contributed by atoms with Crippen LogP contribution in [0.15, 0.2) is 48.4 Å². The minimum atomic E-state index is 0.0365. The zero-order valence-electron chi connectivity index (χ0n) is 12.1. The first-order valence-electron chi connectivity index (χ1n) is 7.57. The van der Waals surface area contributed by atoms with Crippen LogP contribution in [0.3, 0.4) is 0 Å². The summed E-state index contributed by atoms with van der Waals surface area (Å²) in [6, 6.07) is 8.56. The number of carbonyl (C=O) groups is 1. The molecule has 0 saturated heterocycles. The number of carbonyl (C=O) groups excluding carboxylic acids is 1. The fourth-order valence-electron chi connectivity index (χ4n) is 3.33. The topological polar surface area (TPSA) is 46.9 Å². The van der Waals surface area contributed by atoms with E-state index in [4.69, 9.17) is 0 Å². The molecule has 4 rings (SSSR count). The molecular formula is C17H17N3OS. The number of benzene rings is 1. The number of nitrogens with zero attached hydrogens (tertiary/aromatic N) is 2. The molecule has 1 aromatic carbocycles. The highest BCUT2D eigenvalue weighted by atomic mass is 32.1. The molecule has 2 heterocycles. The van der Waals surface area contributed by atoms with Gasteiger partial charge in [0.1, 0.15) is 0 Å². The molecule has 0 bridgehead atoms. The fourth-order valence-corrected chi connectivity index (χ4v) is 4.27. The smallest absolute Gasteiger partial charge is 0.253 e. The number of hydrogen-bond acceptors (Lipinski definition) is 3. The van der Waals surface area contributed by atoms with Crippen molar-refractivity contribution < 1.29 is 4.79 Å². The standard InChI is InChI=1S/C17H17N3OS/c21-17(13-10-22-16-7-2-1-4-12(13)16)19-14-5-3-6-15(14)20-9-8-18-11-20/h1-2,4,7-11,14-15H,3,5-6H2,(H,19,21)/t14-,15+/m0/s1. The first-order valence-corrected chi connectivity index (χ1v) is 8.45. The van der Waals surface area contributed by atoms with Crippen molar-refractivity contribution >= 4 is 27.3 Å². The van der Waals surface area contributed by atoms with Crippen LogP contribution in [0.4, 0.5) is 0 Å². The summed E-state index contributed by atoms with van der Waals surface area (Å²) >= 11 is 1.62. The number of imidazole rings is 1. The van der Waals surface area contributed by atoms with E-state index in [-0.39, 0.29) is 11.9 Å². The number of aromatic nitrogens is 2. The highest BCUT2D eigenvalue weighted by molar-refractivity contribution is 7.17. The predicted molar refractivity (Wildman–Crippen MR) is 88.2 cm³/mol. The van der Waals surface area contributed by atoms with Crippen molar-refractivity contribution in [3.8, 4) is 0 Å². The van der Waals surface area contributed by atoms with E-state index in [1.54, 1.807) is 17.5 Å². The molecule has 112 valence electrons. The lowest BCUT2D eigenvalue weighted by Crippen LogP contribution is -2.38. The number of nitrogens with one attached hydrogen (secondary N) is 1. The molecule has 1 aliphatic carbocycles. The molecule has 0 aliphatic heterocycles. The van der Waals surface area contributed by atoms with E-state index in [0.29, 0.717) is 6.04 Å². The largest absolute Gasteiger partial charge is 0.347 e. The Morgan fingerprint density at radius 2 is 2.23 bits per heavy atom. The minimum absolute atomic E-state index is 0.0365. The fraction of sp³-hybridized carbons (Fsp3) is 0.294. The van der Waals surface area contributed by atoms with Crippen LogP contribution in [-0.2, 0) is 0 Å². The molecule has 1 fully saturated rings. The highest BCUT2D eigenvalue weighted by Gasteiger charge is 2.30. The second kappa shape index (κ2) is 5.57. The summed E-state index contributed by atoms with van der Waals surface area (Å²) in [6.45, 7) is 0. The summed E-state index contributed by atoms with van der Waals surface area (Å²) in [5, 5.41) is 6.23. The van der Waals surface area contributed by atoms with Gasteiger partial charge < -0.3 is 9.88 Å².